The molecule has 2 aromatic rings. The number of thiocarbonyl (C=S) groups is 1. The molecule has 0 aliphatic carbocycles. The molecule has 0 aliphatic heterocycles. The van der Waals surface area contributed by atoms with E-state index in [0.717, 1.165) is 11.4 Å². The van der Waals surface area contributed by atoms with E-state index in [2.05, 4.69) is 36.6 Å². The Morgan fingerprint density at radius 2 is 1.90 bits per heavy atom. The van der Waals surface area contributed by atoms with Crippen LogP contribution in [-0.4, -0.2) is 12.2 Å². The lowest BCUT2D eigenvalue weighted by Crippen LogP contribution is -2.31. The molecule has 2 rings (SSSR count). The Labute approximate surface area is 131 Å². The van der Waals surface area contributed by atoms with Gasteiger partial charge in [0.15, 0.2) is 5.11 Å². The number of benzene rings is 2. The predicted molar refractivity (Wildman–Crippen MR) is 91.9 cm³/mol. The van der Waals surface area contributed by atoms with Crippen LogP contribution in [0.3, 0.4) is 0 Å². The van der Waals surface area contributed by atoms with Crippen LogP contribution in [0.1, 0.15) is 24.1 Å². The zero-order valence-electron chi connectivity index (χ0n) is 12.5. The van der Waals surface area contributed by atoms with Gasteiger partial charge in [0.05, 0.1) is 13.2 Å². The number of aryl methyl sites for hydroxylation is 1. The standard InChI is InChI=1S/C17H20N2OS/c1-12-7-4-5-10-16(12)13(2)18-17(21)19-14-8-6-9-15(11-14)20-3/h4-11,13H,1-3H3,(H2,18,19,21)/t13-/m0/s1. The molecular formula is C17H20N2OS. The fourth-order valence-corrected chi connectivity index (χ4v) is 2.51. The molecular weight excluding hydrogens is 280 g/mol. The van der Waals surface area contributed by atoms with E-state index >= 15 is 0 Å². The first-order chi connectivity index (χ1) is 10.1. The van der Waals surface area contributed by atoms with Crippen LogP contribution in [0, 0.1) is 6.92 Å². The molecule has 3 nitrogen and oxygen atoms in total. The van der Waals surface area contributed by atoms with Gasteiger partial charge in [0, 0.05) is 11.8 Å². The van der Waals surface area contributed by atoms with Crippen LogP contribution in [0.2, 0.25) is 0 Å². The highest BCUT2D eigenvalue weighted by molar-refractivity contribution is 7.80. The highest BCUT2D eigenvalue weighted by Gasteiger charge is 2.09. The topological polar surface area (TPSA) is 33.3 Å². The van der Waals surface area contributed by atoms with Crippen molar-refractivity contribution in [1.82, 2.24) is 5.32 Å². The highest BCUT2D eigenvalue weighted by Crippen LogP contribution is 2.18. The minimum absolute atomic E-state index is 0.150. The lowest BCUT2D eigenvalue weighted by Gasteiger charge is -2.19. The molecule has 0 aromatic heterocycles. The molecule has 4 heteroatoms. The first-order valence-electron chi connectivity index (χ1n) is 6.87. The Morgan fingerprint density at radius 1 is 1.14 bits per heavy atom. The summed E-state index contributed by atoms with van der Waals surface area (Å²) in [6.45, 7) is 4.20. The Bertz CT molecular complexity index is 628. The molecule has 0 aliphatic rings. The van der Waals surface area contributed by atoms with Crippen molar-refractivity contribution in [2.24, 2.45) is 0 Å². The Hall–Kier alpha value is -2.07. The summed E-state index contributed by atoms with van der Waals surface area (Å²) in [6, 6.07) is 16.1. The zero-order chi connectivity index (χ0) is 15.2. The van der Waals surface area contributed by atoms with E-state index in [0.29, 0.717) is 5.11 Å². The van der Waals surface area contributed by atoms with Crippen LogP contribution < -0.4 is 15.4 Å². The van der Waals surface area contributed by atoms with Gasteiger partial charge in [-0.3, -0.25) is 0 Å². The molecule has 0 saturated carbocycles. The van der Waals surface area contributed by atoms with Crippen LogP contribution in [0.4, 0.5) is 5.69 Å². The molecule has 0 spiro atoms. The normalized spacial score (nSPS) is 11.6. The molecule has 0 fully saturated rings. The number of hydrogen-bond acceptors (Lipinski definition) is 2. The average Bonchev–Trinajstić information content (AvgIpc) is 2.47. The van der Waals surface area contributed by atoms with E-state index < -0.39 is 0 Å². The largest absolute Gasteiger partial charge is 0.497 e. The van der Waals surface area contributed by atoms with Gasteiger partial charge in [0.25, 0.3) is 0 Å². The molecule has 0 radical (unpaired) electrons. The van der Waals surface area contributed by atoms with Crippen molar-refractivity contribution in [2.45, 2.75) is 19.9 Å². The molecule has 0 saturated heterocycles. The number of nitrogens with one attached hydrogen (secondary N) is 2. The molecule has 110 valence electrons. The molecule has 2 aromatic carbocycles. The fraction of sp³-hybridized carbons (Fsp3) is 0.235. The lowest BCUT2D eigenvalue weighted by molar-refractivity contribution is 0.415. The summed E-state index contributed by atoms with van der Waals surface area (Å²) in [7, 11) is 1.65. The summed E-state index contributed by atoms with van der Waals surface area (Å²) in [6.07, 6.45) is 0. The molecule has 21 heavy (non-hydrogen) atoms. The maximum Gasteiger partial charge on any atom is 0.171 e. The first-order valence-corrected chi connectivity index (χ1v) is 7.28. The summed E-state index contributed by atoms with van der Waals surface area (Å²) in [4.78, 5) is 0. The van der Waals surface area contributed by atoms with Crippen LogP contribution in [0.15, 0.2) is 48.5 Å². The van der Waals surface area contributed by atoms with Crippen molar-refractivity contribution < 1.29 is 4.74 Å². The summed E-state index contributed by atoms with van der Waals surface area (Å²) in [5, 5.41) is 7.08. The zero-order valence-corrected chi connectivity index (χ0v) is 13.3. The Kier molecular flexibility index (Phi) is 5.17. The number of ether oxygens (including phenoxy) is 1. The van der Waals surface area contributed by atoms with E-state index in [4.69, 9.17) is 17.0 Å². The van der Waals surface area contributed by atoms with E-state index in [9.17, 15) is 0 Å². The van der Waals surface area contributed by atoms with Gasteiger partial charge in [-0.2, -0.15) is 0 Å². The van der Waals surface area contributed by atoms with Crippen molar-refractivity contribution in [3.05, 3.63) is 59.7 Å². The van der Waals surface area contributed by atoms with Gasteiger partial charge >= 0.3 is 0 Å². The van der Waals surface area contributed by atoms with Crippen molar-refractivity contribution in [2.75, 3.05) is 12.4 Å². The second-order valence-corrected chi connectivity index (χ2v) is 5.32. The highest BCUT2D eigenvalue weighted by atomic mass is 32.1. The molecule has 0 bridgehead atoms. The fourth-order valence-electron chi connectivity index (χ4n) is 2.22. The number of rotatable bonds is 4. The molecule has 1 atom stereocenters. The van der Waals surface area contributed by atoms with Gasteiger partial charge in [-0.1, -0.05) is 30.3 Å². The van der Waals surface area contributed by atoms with Gasteiger partial charge in [0.1, 0.15) is 5.75 Å². The summed E-state index contributed by atoms with van der Waals surface area (Å²) in [5.41, 5.74) is 3.40. The number of anilines is 1. The average molecular weight is 300 g/mol. The first kappa shape index (κ1) is 15.3. The Morgan fingerprint density at radius 3 is 2.62 bits per heavy atom. The van der Waals surface area contributed by atoms with Gasteiger partial charge in [-0.05, 0) is 49.3 Å². The quantitative estimate of drug-likeness (QED) is 0.835. The minimum Gasteiger partial charge on any atom is -0.497 e. The third kappa shape index (κ3) is 4.20. The summed E-state index contributed by atoms with van der Waals surface area (Å²) < 4.78 is 5.20. The van der Waals surface area contributed by atoms with Crippen molar-refractivity contribution in [1.29, 1.82) is 0 Å². The van der Waals surface area contributed by atoms with Gasteiger partial charge in [-0.25, -0.2) is 0 Å². The smallest absolute Gasteiger partial charge is 0.171 e. The SMILES string of the molecule is COc1cccc(NC(=S)N[C@@H](C)c2ccccc2C)c1. The van der Waals surface area contributed by atoms with Crippen LogP contribution >= 0.6 is 12.2 Å². The summed E-state index contributed by atoms with van der Waals surface area (Å²) >= 11 is 5.37. The van der Waals surface area contributed by atoms with Crippen LogP contribution in [0.5, 0.6) is 5.75 Å². The predicted octanol–water partition coefficient (Wildman–Crippen LogP) is 4.05. The second kappa shape index (κ2) is 7.09. The second-order valence-electron chi connectivity index (χ2n) is 4.91. The minimum atomic E-state index is 0.150. The van der Waals surface area contributed by atoms with Crippen molar-refractivity contribution in [3.8, 4) is 5.75 Å². The van der Waals surface area contributed by atoms with Crippen LogP contribution in [0.25, 0.3) is 0 Å². The Balaban J connectivity index is 2.00. The monoisotopic (exact) mass is 300 g/mol. The van der Waals surface area contributed by atoms with E-state index in [1.54, 1.807) is 7.11 Å². The van der Waals surface area contributed by atoms with E-state index in [1.165, 1.54) is 11.1 Å². The van der Waals surface area contributed by atoms with E-state index in [1.807, 2.05) is 36.4 Å². The molecule has 0 heterocycles. The number of hydrogen-bond donors (Lipinski definition) is 2. The van der Waals surface area contributed by atoms with E-state index in [-0.39, 0.29) is 6.04 Å². The molecule has 0 amide bonds. The lowest BCUT2D eigenvalue weighted by atomic mass is 10.0. The van der Waals surface area contributed by atoms with Crippen LogP contribution in [-0.2, 0) is 0 Å². The van der Waals surface area contributed by atoms with Gasteiger partial charge in [-0.15, -0.1) is 0 Å². The maximum absolute atomic E-state index is 5.37. The molecule has 0 unspecified atom stereocenters. The third-order valence-corrected chi connectivity index (χ3v) is 3.55. The summed E-state index contributed by atoms with van der Waals surface area (Å²) in [5.74, 6) is 0.801. The third-order valence-electron chi connectivity index (χ3n) is 3.33. The van der Waals surface area contributed by atoms with Crippen molar-refractivity contribution >= 4 is 23.0 Å². The van der Waals surface area contributed by atoms with Gasteiger partial charge in [0.2, 0.25) is 0 Å². The maximum atomic E-state index is 5.37. The van der Waals surface area contributed by atoms with Gasteiger partial charge < -0.3 is 15.4 Å². The van der Waals surface area contributed by atoms with Crippen molar-refractivity contribution in [3.63, 3.8) is 0 Å². The molecule has 2 N–H and O–H groups in total. The number of methoxy groups -OCH3 is 1.